The molecule has 0 fully saturated rings. The topological polar surface area (TPSA) is 55.1 Å². The summed E-state index contributed by atoms with van der Waals surface area (Å²) in [6.07, 6.45) is 0. The van der Waals surface area contributed by atoms with Gasteiger partial charge in [-0.3, -0.25) is 4.79 Å². The van der Waals surface area contributed by atoms with Crippen LogP contribution in [-0.4, -0.2) is 19.0 Å². The average molecular weight is 262 g/mol. The Balaban J connectivity index is 3.01. The second kappa shape index (κ2) is 5.74. The maximum absolute atomic E-state index is 12.4. The lowest BCUT2D eigenvalue weighted by molar-refractivity contribution is 0.0936. The highest BCUT2D eigenvalue weighted by Crippen LogP contribution is 2.22. The molecule has 3 heteroatoms. The van der Waals surface area contributed by atoms with Gasteiger partial charge in [-0.15, -0.1) is 0 Å². The molecule has 19 heavy (non-hydrogen) atoms. The van der Waals surface area contributed by atoms with Crippen molar-refractivity contribution in [3.8, 4) is 0 Å². The van der Waals surface area contributed by atoms with Gasteiger partial charge in [0.2, 0.25) is 0 Å². The Morgan fingerprint density at radius 1 is 1.16 bits per heavy atom. The van der Waals surface area contributed by atoms with Gasteiger partial charge >= 0.3 is 0 Å². The molecule has 1 aromatic rings. The molecule has 0 aliphatic rings. The molecule has 0 atom stereocenters. The lowest BCUT2D eigenvalue weighted by Crippen LogP contribution is -2.39. The molecule has 0 aliphatic carbocycles. The molecular weight excluding hydrogens is 236 g/mol. The molecule has 1 rings (SSSR count). The predicted octanol–water partition coefficient (Wildman–Crippen LogP) is 2.63. The highest BCUT2D eigenvalue weighted by Gasteiger charge is 2.20. The van der Waals surface area contributed by atoms with Crippen molar-refractivity contribution in [3.63, 3.8) is 0 Å². The lowest BCUT2D eigenvalue weighted by Gasteiger charge is -2.23. The van der Waals surface area contributed by atoms with Crippen molar-refractivity contribution < 1.29 is 4.79 Å². The number of aryl methyl sites for hydroxylation is 2. The van der Waals surface area contributed by atoms with E-state index in [4.69, 9.17) is 5.73 Å². The van der Waals surface area contributed by atoms with E-state index in [1.807, 2.05) is 27.7 Å². The number of carbonyl (C=O) groups excluding carboxylic acids is 1. The van der Waals surface area contributed by atoms with Gasteiger partial charge in [0.15, 0.2) is 0 Å². The van der Waals surface area contributed by atoms with Gasteiger partial charge in [-0.25, -0.2) is 0 Å². The van der Waals surface area contributed by atoms with Crippen molar-refractivity contribution in [3.05, 3.63) is 33.9 Å². The fourth-order valence-corrected chi connectivity index (χ4v) is 2.04. The quantitative estimate of drug-likeness (QED) is 0.876. The van der Waals surface area contributed by atoms with E-state index in [9.17, 15) is 4.79 Å². The third-order valence-corrected chi connectivity index (χ3v) is 3.87. The predicted molar refractivity (Wildman–Crippen MR) is 80.6 cm³/mol. The summed E-state index contributed by atoms with van der Waals surface area (Å²) < 4.78 is 0. The van der Waals surface area contributed by atoms with Crippen LogP contribution in [0.25, 0.3) is 0 Å². The monoisotopic (exact) mass is 262 g/mol. The van der Waals surface area contributed by atoms with Crippen LogP contribution in [0.4, 0.5) is 0 Å². The first-order valence-corrected chi connectivity index (χ1v) is 6.75. The van der Waals surface area contributed by atoms with Gasteiger partial charge in [0.05, 0.1) is 0 Å². The second-order valence-corrected chi connectivity index (χ2v) is 6.19. The van der Waals surface area contributed by atoms with Gasteiger partial charge < -0.3 is 11.1 Å². The van der Waals surface area contributed by atoms with Gasteiger partial charge in [-0.2, -0.15) is 0 Å². The summed E-state index contributed by atoms with van der Waals surface area (Å²) in [7, 11) is 0. The summed E-state index contributed by atoms with van der Waals surface area (Å²) in [5.74, 6) is 0.00308. The summed E-state index contributed by atoms with van der Waals surface area (Å²) in [5.41, 5.74) is 10.9. The molecule has 0 aromatic heterocycles. The van der Waals surface area contributed by atoms with Crippen LogP contribution in [0.5, 0.6) is 0 Å². The van der Waals surface area contributed by atoms with Crippen molar-refractivity contribution >= 4 is 5.91 Å². The first-order chi connectivity index (χ1) is 8.69. The highest BCUT2D eigenvalue weighted by atomic mass is 16.1. The van der Waals surface area contributed by atoms with Crippen LogP contribution in [0.15, 0.2) is 6.07 Å². The number of hydrogen-bond acceptors (Lipinski definition) is 2. The van der Waals surface area contributed by atoms with Crippen LogP contribution in [0, 0.1) is 33.1 Å². The minimum absolute atomic E-state index is 0.00308. The van der Waals surface area contributed by atoms with E-state index in [1.165, 1.54) is 0 Å². The Hall–Kier alpha value is -1.35. The maximum atomic E-state index is 12.4. The fourth-order valence-electron chi connectivity index (χ4n) is 2.04. The Morgan fingerprint density at radius 3 is 2.05 bits per heavy atom. The average Bonchev–Trinajstić information content (AvgIpc) is 2.34. The van der Waals surface area contributed by atoms with Crippen molar-refractivity contribution in [1.29, 1.82) is 0 Å². The van der Waals surface area contributed by atoms with Gasteiger partial charge in [0.25, 0.3) is 5.91 Å². The lowest BCUT2D eigenvalue weighted by atomic mass is 9.92. The fraction of sp³-hybridized carbons (Fsp3) is 0.562. The van der Waals surface area contributed by atoms with Crippen LogP contribution >= 0.6 is 0 Å². The Bertz CT molecular complexity index is 464. The molecule has 0 saturated carbocycles. The Labute approximate surface area is 116 Å². The normalized spacial score (nSPS) is 11.5. The summed E-state index contributed by atoms with van der Waals surface area (Å²) in [5, 5.41) is 3.01. The third-order valence-electron chi connectivity index (χ3n) is 3.87. The maximum Gasteiger partial charge on any atom is 0.251 e. The van der Waals surface area contributed by atoms with Gasteiger partial charge in [-0.05, 0) is 61.9 Å². The molecule has 3 nitrogen and oxygen atoms in total. The van der Waals surface area contributed by atoms with E-state index < -0.39 is 0 Å². The summed E-state index contributed by atoms with van der Waals surface area (Å²) in [6, 6.07) is 2.13. The number of amides is 1. The zero-order valence-electron chi connectivity index (χ0n) is 13.0. The molecular formula is C16H26N2O. The number of hydrogen-bond donors (Lipinski definition) is 2. The largest absolute Gasteiger partial charge is 0.351 e. The minimum atomic E-state index is -0.0731. The van der Waals surface area contributed by atoms with E-state index in [0.717, 1.165) is 27.8 Å². The summed E-state index contributed by atoms with van der Waals surface area (Å²) in [6.45, 7) is 13.3. The van der Waals surface area contributed by atoms with Gasteiger partial charge in [0.1, 0.15) is 0 Å². The molecule has 0 spiro atoms. The van der Waals surface area contributed by atoms with Gasteiger partial charge in [0, 0.05) is 12.1 Å². The summed E-state index contributed by atoms with van der Waals surface area (Å²) >= 11 is 0. The zero-order valence-corrected chi connectivity index (χ0v) is 13.0. The minimum Gasteiger partial charge on any atom is -0.351 e. The molecule has 0 saturated heterocycles. The highest BCUT2D eigenvalue weighted by molar-refractivity contribution is 5.97. The first kappa shape index (κ1) is 15.7. The molecule has 0 unspecified atom stereocenters. The third kappa shape index (κ3) is 3.57. The molecule has 1 amide bonds. The van der Waals surface area contributed by atoms with Crippen molar-refractivity contribution in [2.75, 3.05) is 13.1 Å². The number of benzene rings is 1. The number of rotatable bonds is 4. The van der Waals surface area contributed by atoms with E-state index in [0.29, 0.717) is 13.1 Å². The van der Waals surface area contributed by atoms with E-state index >= 15 is 0 Å². The van der Waals surface area contributed by atoms with E-state index in [-0.39, 0.29) is 11.3 Å². The zero-order chi connectivity index (χ0) is 14.8. The van der Waals surface area contributed by atoms with E-state index in [1.54, 1.807) is 0 Å². The number of nitrogens with one attached hydrogen (secondary N) is 1. The Morgan fingerprint density at radius 2 is 1.63 bits per heavy atom. The number of carbonyl (C=O) groups is 1. The van der Waals surface area contributed by atoms with Crippen LogP contribution < -0.4 is 11.1 Å². The molecule has 0 radical (unpaired) electrons. The van der Waals surface area contributed by atoms with Crippen molar-refractivity contribution in [2.45, 2.75) is 41.5 Å². The smallest absolute Gasteiger partial charge is 0.251 e. The molecule has 1 aromatic carbocycles. The molecule has 3 N–H and O–H groups in total. The van der Waals surface area contributed by atoms with Crippen LogP contribution in [0.3, 0.4) is 0 Å². The molecule has 0 bridgehead atoms. The Kier molecular flexibility index (Phi) is 4.75. The number of nitrogens with two attached hydrogens (primary N) is 1. The molecule has 0 aliphatic heterocycles. The first-order valence-electron chi connectivity index (χ1n) is 6.75. The summed E-state index contributed by atoms with van der Waals surface area (Å²) in [4.78, 5) is 12.4. The van der Waals surface area contributed by atoms with Crippen LogP contribution in [0.1, 0.15) is 46.5 Å². The van der Waals surface area contributed by atoms with Crippen LogP contribution in [-0.2, 0) is 0 Å². The second-order valence-electron chi connectivity index (χ2n) is 6.19. The van der Waals surface area contributed by atoms with Gasteiger partial charge in [-0.1, -0.05) is 19.9 Å². The standard InChI is InChI=1S/C16H26N2O/c1-10-7-11(2)13(4)14(12(10)3)15(19)18-9-16(5,6)8-17/h7H,8-9,17H2,1-6H3,(H,18,19). The van der Waals surface area contributed by atoms with Crippen molar-refractivity contribution in [2.24, 2.45) is 11.1 Å². The van der Waals surface area contributed by atoms with E-state index in [2.05, 4.69) is 25.2 Å². The molecule has 0 heterocycles. The van der Waals surface area contributed by atoms with Crippen molar-refractivity contribution in [1.82, 2.24) is 5.32 Å². The van der Waals surface area contributed by atoms with Crippen LogP contribution in [0.2, 0.25) is 0 Å². The SMILES string of the molecule is Cc1cc(C)c(C)c(C(=O)NCC(C)(C)CN)c1C. The molecule has 106 valence electrons.